The van der Waals surface area contributed by atoms with E-state index in [2.05, 4.69) is 58.7 Å². The van der Waals surface area contributed by atoms with Crippen LogP contribution < -0.4 is 24.6 Å². The van der Waals surface area contributed by atoms with Gasteiger partial charge in [-0.15, -0.1) is 0 Å². The van der Waals surface area contributed by atoms with E-state index in [9.17, 15) is 14.4 Å². The minimum absolute atomic E-state index is 0.0932. The highest BCUT2D eigenvalue weighted by Crippen LogP contribution is 2.50. The van der Waals surface area contributed by atoms with Crippen LogP contribution in [0.25, 0.3) is 6.08 Å². The lowest BCUT2D eigenvalue weighted by Gasteiger charge is -2.44. The molecular formula is C40H39N3O5. The first-order valence-corrected chi connectivity index (χ1v) is 16.8. The maximum absolute atomic E-state index is 14.2. The molecule has 4 amide bonds. The SMILES string of the molecule is CCCOc1ccc(/C=C2\C(=O)NC(=O)N(c3cc4c5c(c3)[C@H](c3ccccc3)CCN5CC[C@H]4c3ccccc3)C2=O)cc1OCC. The molecule has 0 radical (unpaired) electrons. The molecule has 0 bridgehead atoms. The van der Waals surface area contributed by atoms with Gasteiger partial charge in [-0.2, -0.15) is 0 Å². The van der Waals surface area contributed by atoms with Gasteiger partial charge in [-0.1, -0.05) is 73.7 Å². The van der Waals surface area contributed by atoms with E-state index < -0.39 is 17.8 Å². The van der Waals surface area contributed by atoms with Gasteiger partial charge in [0, 0.05) is 30.6 Å². The zero-order chi connectivity index (χ0) is 33.2. The molecule has 0 aromatic heterocycles. The summed E-state index contributed by atoms with van der Waals surface area (Å²) in [4.78, 5) is 44.5. The number of carbonyl (C=O) groups excluding carboxylic acids is 3. The molecular weight excluding hydrogens is 602 g/mol. The number of nitrogens with one attached hydrogen (secondary N) is 1. The Bertz CT molecular complexity index is 1820. The average Bonchev–Trinajstić information content (AvgIpc) is 3.11. The molecule has 3 aliphatic heterocycles. The first-order chi connectivity index (χ1) is 23.5. The van der Waals surface area contributed by atoms with E-state index in [0.29, 0.717) is 36.0 Å². The van der Waals surface area contributed by atoms with Crippen LogP contribution in [0.15, 0.2) is 96.6 Å². The van der Waals surface area contributed by atoms with Gasteiger partial charge in [-0.25, -0.2) is 9.69 Å². The summed E-state index contributed by atoms with van der Waals surface area (Å²) in [5, 5.41) is 2.43. The van der Waals surface area contributed by atoms with Crippen LogP contribution in [0.1, 0.15) is 72.8 Å². The van der Waals surface area contributed by atoms with E-state index in [1.807, 2.05) is 38.1 Å². The van der Waals surface area contributed by atoms with Crippen molar-refractivity contribution >= 4 is 35.3 Å². The van der Waals surface area contributed by atoms with Crippen LogP contribution in [0, 0.1) is 0 Å². The summed E-state index contributed by atoms with van der Waals surface area (Å²) in [5.41, 5.74) is 6.66. The number of amides is 4. The van der Waals surface area contributed by atoms with E-state index in [1.165, 1.54) is 22.9 Å². The van der Waals surface area contributed by atoms with Crippen LogP contribution in [0.4, 0.5) is 16.2 Å². The highest BCUT2D eigenvalue weighted by Gasteiger charge is 2.40. The van der Waals surface area contributed by atoms with Crippen molar-refractivity contribution in [2.45, 2.75) is 44.9 Å². The molecule has 4 aromatic carbocycles. The molecule has 0 saturated carbocycles. The standard InChI is InChI=1S/C40H39N3O5/c1-3-21-48-35-16-15-26(23-36(35)47-4-2)22-34-38(44)41-40(46)43(39(34)45)29-24-32-30(27-11-7-5-8-12-27)17-19-42-20-18-31(33(25-29)37(32)42)28-13-9-6-10-14-28/h5-16,22-25,30-31H,3-4,17-21H2,1-2H3,(H,41,44,46)/b34-22+/t30-,31-/m0/s1. The average molecular weight is 642 g/mol. The van der Waals surface area contributed by atoms with Crippen molar-refractivity contribution < 1.29 is 23.9 Å². The number of anilines is 2. The van der Waals surface area contributed by atoms with Crippen LogP contribution in [-0.4, -0.2) is 44.1 Å². The monoisotopic (exact) mass is 641 g/mol. The van der Waals surface area contributed by atoms with Crippen molar-refractivity contribution in [2.24, 2.45) is 0 Å². The van der Waals surface area contributed by atoms with Crippen LogP contribution >= 0.6 is 0 Å². The van der Waals surface area contributed by atoms with E-state index in [-0.39, 0.29) is 17.4 Å². The van der Waals surface area contributed by atoms with Gasteiger partial charge < -0.3 is 14.4 Å². The maximum atomic E-state index is 14.2. The molecule has 8 nitrogen and oxygen atoms in total. The number of benzene rings is 4. The second-order valence-electron chi connectivity index (χ2n) is 12.4. The number of hydrogen-bond donors (Lipinski definition) is 1. The second kappa shape index (κ2) is 13.4. The first kappa shape index (κ1) is 31.2. The van der Waals surface area contributed by atoms with Gasteiger partial charge in [0.15, 0.2) is 11.5 Å². The fraction of sp³-hybridized carbons (Fsp3) is 0.275. The van der Waals surface area contributed by atoms with Crippen molar-refractivity contribution in [2.75, 3.05) is 36.1 Å². The van der Waals surface area contributed by atoms with E-state index >= 15 is 0 Å². The number of urea groups is 1. The van der Waals surface area contributed by atoms with Gasteiger partial charge in [0.25, 0.3) is 11.8 Å². The van der Waals surface area contributed by atoms with E-state index in [0.717, 1.165) is 48.4 Å². The Morgan fingerprint density at radius 2 is 1.40 bits per heavy atom. The zero-order valence-corrected chi connectivity index (χ0v) is 27.3. The van der Waals surface area contributed by atoms with Gasteiger partial charge >= 0.3 is 6.03 Å². The molecule has 0 unspecified atom stereocenters. The molecule has 244 valence electrons. The number of carbonyl (C=O) groups is 3. The van der Waals surface area contributed by atoms with Gasteiger partial charge in [0.1, 0.15) is 5.57 Å². The Morgan fingerprint density at radius 1 is 0.771 bits per heavy atom. The van der Waals surface area contributed by atoms with Crippen LogP contribution in [0.2, 0.25) is 0 Å². The highest BCUT2D eigenvalue weighted by molar-refractivity contribution is 6.39. The normalized spacial score (nSPS) is 19.6. The lowest BCUT2D eigenvalue weighted by molar-refractivity contribution is -0.122. The van der Waals surface area contributed by atoms with Crippen LogP contribution in [-0.2, 0) is 9.59 Å². The molecule has 1 fully saturated rings. The Balaban J connectivity index is 1.33. The molecule has 0 aliphatic carbocycles. The topological polar surface area (TPSA) is 88.2 Å². The number of hydrogen-bond acceptors (Lipinski definition) is 6. The van der Waals surface area contributed by atoms with Crippen molar-refractivity contribution in [1.82, 2.24) is 5.32 Å². The van der Waals surface area contributed by atoms with Gasteiger partial charge in [0.05, 0.1) is 18.9 Å². The smallest absolute Gasteiger partial charge is 0.335 e. The Kier molecular flexibility index (Phi) is 8.72. The summed E-state index contributed by atoms with van der Waals surface area (Å²) in [6, 6.07) is 29.3. The number of rotatable bonds is 9. The Labute approximate surface area is 281 Å². The quantitative estimate of drug-likeness (QED) is 0.151. The minimum atomic E-state index is -0.761. The van der Waals surface area contributed by atoms with E-state index in [4.69, 9.17) is 9.47 Å². The summed E-state index contributed by atoms with van der Waals surface area (Å²) in [6.07, 6.45) is 4.18. The number of nitrogens with zero attached hydrogens (tertiary/aromatic N) is 2. The fourth-order valence-electron chi connectivity index (χ4n) is 7.24. The van der Waals surface area contributed by atoms with Crippen molar-refractivity contribution in [3.8, 4) is 11.5 Å². The Morgan fingerprint density at radius 3 is 1.98 bits per heavy atom. The lowest BCUT2D eigenvalue weighted by atomic mass is 9.76. The second-order valence-corrected chi connectivity index (χ2v) is 12.4. The third-order valence-corrected chi connectivity index (χ3v) is 9.40. The van der Waals surface area contributed by atoms with Gasteiger partial charge in [-0.3, -0.25) is 14.9 Å². The summed E-state index contributed by atoms with van der Waals surface area (Å²) in [5.74, 6) is -0.105. The minimum Gasteiger partial charge on any atom is -0.490 e. The summed E-state index contributed by atoms with van der Waals surface area (Å²) >= 11 is 0. The van der Waals surface area contributed by atoms with Gasteiger partial charge in [0.2, 0.25) is 0 Å². The van der Waals surface area contributed by atoms with Crippen molar-refractivity contribution in [1.29, 1.82) is 0 Å². The lowest BCUT2D eigenvalue weighted by Crippen LogP contribution is -2.54. The van der Waals surface area contributed by atoms with E-state index in [1.54, 1.807) is 18.2 Å². The molecule has 4 aromatic rings. The van der Waals surface area contributed by atoms with Crippen molar-refractivity contribution in [3.63, 3.8) is 0 Å². The number of imide groups is 2. The molecule has 48 heavy (non-hydrogen) atoms. The first-order valence-electron chi connectivity index (χ1n) is 16.8. The fourth-order valence-corrected chi connectivity index (χ4v) is 7.24. The summed E-state index contributed by atoms with van der Waals surface area (Å²) < 4.78 is 11.6. The highest BCUT2D eigenvalue weighted by atomic mass is 16.5. The number of barbiturate groups is 1. The van der Waals surface area contributed by atoms with Crippen LogP contribution in [0.3, 0.4) is 0 Å². The number of ether oxygens (including phenoxy) is 2. The van der Waals surface area contributed by atoms with Crippen molar-refractivity contribution in [3.05, 3.63) is 124 Å². The molecule has 2 atom stereocenters. The maximum Gasteiger partial charge on any atom is 0.335 e. The molecule has 3 aliphatic rings. The summed E-state index contributed by atoms with van der Waals surface area (Å²) in [6.45, 7) is 6.72. The molecule has 3 heterocycles. The Hall–Kier alpha value is -5.37. The molecule has 8 heteroatoms. The third-order valence-electron chi connectivity index (χ3n) is 9.40. The molecule has 7 rings (SSSR count). The molecule has 1 saturated heterocycles. The largest absolute Gasteiger partial charge is 0.490 e. The third kappa shape index (κ3) is 5.83. The summed E-state index contributed by atoms with van der Waals surface area (Å²) in [7, 11) is 0. The van der Waals surface area contributed by atoms with Gasteiger partial charge in [-0.05, 0) is 84.3 Å². The predicted molar refractivity (Wildman–Crippen MR) is 187 cm³/mol. The molecule has 1 N–H and O–H groups in total. The van der Waals surface area contributed by atoms with Crippen LogP contribution in [0.5, 0.6) is 11.5 Å². The molecule has 0 spiro atoms. The predicted octanol–water partition coefficient (Wildman–Crippen LogP) is 7.42. The zero-order valence-electron chi connectivity index (χ0n) is 27.3.